The summed E-state index contributed by atoms with van der Waals surface area (Å²) < 4.78 is 1.75. The standard InChI is InChI=1S/C12H7Br2ClN2O2/c13-7-1-2-9(8(14)5-7)16-11-4-6(12(18)19)3-10(15)17-11/h1-5H,(H,16,17)(H,18,19). The molecule has 19 heavy (non-hydrogen) atoms. The van der Waals surface area contributed by atoms with Gasteiger partial charge in [-0.15, -0.1) is 0 Å². The van der Waals surface area contributed by atoms with Crippen molar-refractivity contribution in [2.24, 2.45) is 0 Å². The van der Waals surface area contributed by atoms with Gasteiger partial charge in [-0.05, 0) is 46.3 Å². The smallest absolute Gasteiger partial charge is 0.335 e. The molecule has 0 unspecified atom stereocenters. The molecule has 0 spiro atoms. The molecule has 2 rings (SSSR count). The van der Waals surface area contributed by atoms with Gasteiger partial charge in [0, 0.05) is 8.95 Å². The molecule has 1 heterocycles. The molecule has 2 N–H and O–H groups in total. The molecular formula is C12H7Br2ClN2O2. The van der Waals surface area contributed by atoms with E-state index >= 15 is 0 Å². The maximum atomic E-state index is 10.9. The largest absolute Gasteiger partial charge is 0.478 e. The molecule has 0 saturated carbocycles. The summed E-state index contributed by atoms with van der Waals surface area (Å²) >= 11 is 12.5. The SMILES string of the molecule is O=C(O)c1cc(Cl)nc(Nc2ccc(Br)cc2Br)c1. The van der Waals surface area contributed by atoms with E-state index in [2.05, 4.69) is 42.2 Å². The molecule has 1 aromatic heterocycles. The fourth-order valence-electron chi connectivity index (χ4n) is 1.41. The zero-order valence-electron chi connectivity index (χ0n) is 9.32. The molecule has 7 heteroatoms. The van der Waals surface area contributed by atoms with Gasteiger partial charge in [0.05, 0.1) is 11.3 Å². The molecule has 1 aromatic carbocycles. The van der Waals surface area contributed by atoms with Crippen LogP contribution in [0.25, 0.3) is 0 Å². The summed E-state index contributed by atoms with van der Waals surface area (Å²) in [6, 6.07) is 8.27. The van der Waals surface area contributed by atoms with Crippen LogP contribution in [-0.2, 0) is 0 Å². The lowest BCUT2D eigenvalue weighted by Gasteiger charge is -2.09. The normalized spacial score (nSPS) is 10.3. The first kappa shape index (κ1) is 14.3. The van der Waals surface area contributed by atoms with Gasteiger partial charge in [0.15, 0.2) is 0 Å². The third kappa shape index (κ3) is 3.68. The minimum atomic E-state index is -1.05. The fourth-order valence-corrected chi connectivity index (χ4v) is 2.77. The number of aromatic carboxylic acids is 1. The number of halogens is 3. The van der Waals surface area contributed by atoms with E-state index in [1.807, 2.05) is 18.2 Å². The number of nitrogens with one attached hydrogen (secondary N) is 1. The number of rotatable bonds is 3. The summed E-state index contributed by atoms with van der Waals surface area (Å²) in [7, 11) is 0. The molecule has 0 saturated heterocycles. The number of carbonyl (C=O) groups is 1. The molecular weight excluding hydrogens is 399 g/mol. The zero-order valence-corrected chi connectivity index (χ0v) is 13.3. The Balaban J connectivity index is 2.35. The number of anilines is 2. The second-order valence-corrected chi connectivity index (χ2v) is 5.78. The number of carboxylic acid groups (broad SMARTS) is 1. The zero-order chi connectivity index (χ0) is 14.0. The van der Waals surface area contributed by atoms with Crippen LogP contribution in [0.15, 0.2) is 39.3 Å². The molecule has 0 amide bonds. The lowest BCUT2D eigenvalue weighted by Crippen LogP contribution is -2.01. The summed E-state index contributed by atoms with van der Waals surface area (Å²) in [5.74, 6) is -0.685. The van der Waals surface area contributed by atoms with Gasteiger partial charge in [-0.1, -0.05) is 27.5 Å². The minimum Gasteiger partial charge on any atom is -0.478 e. The summed E-state index contributed by atoms with van der Waals surface area (Å²) in [5, 5.41) is 12.1. The van der Waals surface area contributed by atoms with Crippen molar-refractivity contribution in [2.75, 3.05) is 5.32 Å². The lowest BCUT2D eigenvalue weighted by atomic mass is 10.2. The van der Waals surface area contributed by atoms with E-state index in [1.165, 1.54) is 12.1 Å². The van der Waals surface area contributed by atoms with Gasteiger partial charge in [0.2, 0.25) is 0 Å². The van der Waals surface area contributed by atoms with Crippen LogP contribution in [0.1, 0.15) is 10.4 Å². The van der Waals surface area contributed by atoms with E-state index in [4.69, 9.17) is 16.7 Å². The molecule has 0 radical (unpaired) electrons. The van der Waals surface area contributed by atoms with Gasteiger partial charge in [0.25, 0.3) is 0 Å². The Kier molecular flexibility index (Phi) is 4.44. The van der Waals surface area contributed by atoms with Crippen molar-refractivity contribution < 1.29 is 9.90 Å². The highest BCUT2D eigenvalue weighted by Gasteiger charge is 2.09. The maximum Gasteiger partial charge on any atom is 0.335 e. The average Bonchev–Trinajstić information content (AvgIpc) is 2.32. The number of hydrogen-bond acceptors (Lipinski definition) is 3. The van der Waals surface area contributed by atoms with Gasteiger partial charge in [-0.3, -0.25) is 0 Å². The Morgan fingerprint density at radius 2 is 2.00 bits per heavy atom. The Hall–Kier alpha value is -1.11. The van der Waals surface area contributed by atoms with Crippen molar-refractivity contribution in [3.8, 4) is 0 Å². The highest BCUT2D eigenvalue weighted by Crippen LogP contribution is 2.29. The van der Waals surface area contributed by atoms with E-state index in [1.54, 1.807) is 0 Å². The summed E-state index contributed by atoms with van der Waals surface area (Å²) in [5.41, 5.74) is 0.838. The van der Waals surface area contributed by atoms with E-state index in [0.717, 1.165) is 14.6 Å². The van der Waals surface area contributed by atoms with Gasteiger partial charge in [0.1, 0.15) is 11.0 Å². The second kappa shape index (κ2) is 5.90. The molecule has 0 aliphatic carbocycles. The molecule has 98 valence electrons. The molecule has 4 nitrogen and oxygen atoms in total. The molecule has 0 bridgehead atoms. The summed E-state index contributed by atoms with van der Waals surface area (Å²) in [6.07, 6.45) is 0. The van der Waals surface area contributed by atoms with Crippen LogP contribution in [0.3, 0.4) is 0 Å². The molecule has 0 aliphatic heterocycles. The molecule has 0 aliphatic rings. The highest BCUT2D eigenvalue weighted by atomic mass is 79.9. The van der Waals surface area contributed by atoms with E-state index < -0.39 is 5.97 Å². The number of aromatic nitrogens is 1. The summed E-state index contributed by atoms with van der Waals surface area (Å²) in [6.45, 7) is 0. The van der Waals surface area contributed by atoms with Crippen LogP contribution >= 0.6 is 43.5 Å². The summed E-state index contributed by atoms with van der Waals surface area (Å²) in [4.78, 5) is 15.0. The number of hydrogen-bond donors (Lipinski definition) is 2. The van der Waals surface area contributed by atoms with Crippen molar-refractivity contribution in [3.05, 3.63) is 50.0 Å². The lowest BCUT2D eigenvalue weighted by molar-refractivity contribution is 0.0697. The maximum absolute atomic E-state index is 10.9. The Morgan fingerprint density at radius 3 is 2.63 bits per heavy atom. The predicted molar refractivity (Wildman–Crippen MR) is 81.3 cm³/mol. The van der Waals surface area contributed by atoms with Crippen molar-refractivity contribution in [1.29, 1.82) is 0 Å². The first-order valence-corrected chi connectivity index (χ1v) is 7.05. The predicted octanol–water partition coefficient (Wildman–Crippen LogP) is 4.70. The van der Waals surface area contributed by atoms with Gasteiger partial charge in [-0.2, -0.15) is 0 Å². The second-order valence-electron chi connectivity index (χ2n) is 3.62. The van der Waals surface area contributed by atoms with Crippen LogP contribution in [0, 0.1) is 0 Å². The quantitative estimate of drug-likeness (QED) is 0.726. The van der Waals surface area contributed by atoms with Crippen molar-refractivity contribution in [3.63, 3.8) is 0 Å². The van der Waals surface area contributed by atoms with Crippen molar-refractivity contribution in [2.45, 2.75) is 0 Å². The molecule has 2 aromatic rings. The van der Waals surface area contributed by atoms with Crippen LogP contribution < -0.4 is 5.32 Å². The average molecular weight is 406 g/mol. The topological polar surface area (TPSA) is 62.2 Å². The van der Waals surface area contributed by atoms with Crippen molar-refractivity contribution in [1.82, 2.24) is 4.98 Å². The molecule has 0 atom stereocenters. The monoisotopic (exact) mass is 404 g/mol. The van der Waals surface area contributed by atoms with E-state index in [0.29, 0.717) is 5.82 Å². The van der Waals surface area contributed by atoms with Gasteiger partial charge >= 0.3 is 5.97 Å². The third-order valence-electron chi connectivity index (χ3n) is 2.23. The minimum absolute atomic E-state index is 0.0794. The number of benzene rings is 1. The number of nitrogens with zero attached hydrogens (tertiary/aromatic N) is 1. The Bertz CT molecular complexity index is 650. The van der Waals surface area contributed by atoms with Gasteiger partial charge < -0.3 is 10.4 Å². The van der Waals surface area contributed by atoms with Crippen LogP contribution in [0.4, 0.5) is 11.5 Å². The highest BCUT2D eigenvalue weighted by molar-refractivity contribution is 9.11. The number of pyridine rings is 1. The first-order chi connectivity index (χ1) is 8.95. The number of carboxylic acids is 1. The van der Waals surface area contributed by atoms with Crippen LogP contribution in [0.5, 0.6) is 0 Å². The third-order valence-corrected chi connectivity index (χ3v) is 3.58. The van der Waals surface area contributed by atoms with Crippen LogP contribution in [-0.4, -0.2) is 16.1 Å². The fraction of sp³-hybridized carbons (Fsp3) is 0. The van der Waals surface area contributed by atoms with Gasteiger partial charge in [-0.25, -0.2) is 9.78 Å². The van der Waals surface area contributed by atoms with Crippen LogP contribution in [0.2, 0.25) is 5.15 Å². The van der Waals surface area contributed by atoms with Crippen molar-refractivity contribution >= 4 is 60.9 Å². The first-order valence-electron chi connectivity index (χ1n) is 5.08. The molecule has 0 fully saturated rings. The van der Waals surface area contributed by atoms with E-state index in [9.17, 15) is 4.79 Å². The Labute approximate surface area is 131 Å². The van der Waals surface area contributed by atoms with E-state index in [-0.39, 0.29) is 10.7 Å². The Morgan fingerprint density at radius 1 is 1.26 bits per heavy atom.